The Labute approximate surface area is 94.2 Å². The van der Waals surface area contributed by atoms with Crippen molar-refractivity contribution in [2.75, 3.05) is 0 Å². The smallest absolute Gasteiger partial charge is 0.243 e. The zero-order valence-corrected chi connectivity index (χ0v) is 9.14. The van der Waals surface area contributed by atoms with Crippen LogP contribution in [0.25, 0.3) is 16.7 Å². The van der Waals surface area contributed by atoms with Gasteiger partial charge in [0.05, 0.1) is 0 Å². The average molecular weight is 209 g/mol. The van der Waals surface area contributed by atoms with Crippen molar-refractivity contribution < 1.29 is 4.57 Å². The SMILES string of the molecule is Cc1ccc(-[n+]2c[nH]c3ccccc32)cc1. The van der Waals surface area contributed by atoms with Crippen molar-refractivity contribution in [2.24, 2.45) is 0 Å². The van der Waals surface area contributed by atoms with E-state index in [-0.39, 0.29) is 0 Å². The summed E-state index contributed by atoms with van der Waals surface area (Å²) in [5.74, 6) is 0. The summed E-state index contributed by atoms with van der Waals surface area (Å²) in [5.41, 5.74) is 4.82. The molecule has 0 unspecified atom stereocenters. The topological polar surface area (TPSA) is 19.7 Å². The van der Waals surface area contributed by atoms with E-state index in [1.807, 2.05) is 12.4 Å². The molecule has 0 radical (unpaired) electrons. The van der Waals surface area contributed by atoms with Gasteiger partial charge in [-0.2, -0.15) is 4.57 Å². The number of H-pyrrole nitrogens is 1. The fourth-order valence-electron chi connectivity index (χ4n) is 1.93. The van der Waals surface area contributed by atoms with Crippen molar-refractivity contribution >= 4 is 11.0 Å². The van der Waals surface area contributed by atoms with Crippen LogP contribution in [0.3, 0.4) is 0 Å². The number of aromatic nitrogens is 2. The summed E-state index contributed by atoms with van der Waals surface area (Å²) in [6.07, 6.45) is 2.00. The van der Waals surface area contributed by atoms with Crippen molar-refractivity contribution in [2.45, 2.75) is 6.92 Å². The molecule has 0 fully saturated rings. The first-order valence-corrected chi connectivity index (χ1v) is 5.39. The molecule has 3 aromatic rings. The average Bonchev–Trinajstić information content (AvgIpc) is 2.74. The number of imidazole rings is 1. The Kier molecular flexibility index (Phi) is 2.00. The van der Waals surface area contributed by atoms with Gasteiger partial charge in [-0.15, -0.1) is 0 Å². The summed E-state index contributed by atoms with van der Waals surface area (Å²) in [4.78, 5) is 3.26. The quantitative estimate of drug-likeness (QED) is 0.595. The maximum absolute atomic E-state index is 3.26. The Morgan fingerprint density at radius 1 is 0.938 bits per heavy atom. The number of nitrogens with one attached hydrogen (secondary N) is 1. The van der Waals surface area contributed by atoms with Gasteiger partial charge in [0.15, 0.2) is 11.0 Å². The van der Waals surface area contributed by atoms with Gasteiger partial charge < -0.3 is 0 Å². The molecule has 0 saturated heterocycles. The fourth-order valence-corrected chi connectivity index (χ4v) is 1.93. The third-order valence-electron chi connectivity index (χ3n) is 2.82. The van der Waals surface area contributed by atoms with Crippen molar-refractivity contribution in [1.29, 1.82) is 0 Å². The van der Waals surface area contributed by atoms with Crippen LogP contribution in [0.2, 0.25) is 0 Å². The highest BCUT2D eigenvalue weighted by atomic mass is 15.0. The zero-order valence-electron chi connectivity index (χ0n) is 9.14. The molecule has 1 heterocycles. The first-order chi connectivity index (χ1) is 7.84. The van der Waals surface area contributed by atoms with Gasteiger partial charge in [-0.05, 0) is 31.2 Å². The Balaban J connectivity index is 2.22. The van der Waals surface area contributed by atoms with Gasteiger partial charge >= 0.3 is 0 Å². The lowest BCUT2D eigenvalue weighted by atomic mass is 10.2. The van der Waals surface area contributed by atoms with Crippen LogP contribution in [0.4, 0.5) is 0 Å². The van der Waals surface area contributed by atoms with E-state index in [1.165, 1.54) is 16.8 Å². The zero-order chi connectivity index (χ0) is 11.0. The maximum atomic E-state index is 3.26. The Hall–Kier alpha value is -2.09. The summed E-state index contributed by atoms with van der Waals surface area (Å²) in [6, 6.07) is 16.8. The number of fused-ring (bicyclic) bond motifs is 1. The first kappa shape index (κ1) is 9.16. The van der Waals surface area contributed by atoms with Gasteiger partial charge in [0.1, 0.15) is 5.69 Å². The lowest BCUT2D eigenvalue weighted by Crippen LogP contribution is -2.28. The molecule has 2 nitrogen and oxygen atoms in total. The second-order valence-corrected chi connectivity index (χ2v) is 4.00. The minimum absolute atomic E-state index is 1.16. The minimum atomic E-state index is 1.16. The van der Waals surface area contributed by atoms with E-state index in [0.29, 0.717) is 0 Å². The number of nitrogens with zero attached hydrogens (tertiary/aromatic N) is 1. The fraction of sp³-hybridized carbons (Fsp3) is 0.0714. The molecule has 16 heavy (non-hydrogen) atoms. The van der Waals surface area contributed by atoms with Crippen LogP contribution in [0.1, 0.15) is 5.56 Å². The molecule has 2 heteroatoms. The molecule has 1 aromatic heterocycles. The number of para-hydroxylation sites is 2. The number of aryl methyl sites for hydroxylation is 1. The molecule has 1 N–H and O–H groups in total. The number of hydrogen-bond donors (Lipinski definition) is 1. The molecule has 0 aliphatic heterocycles. The molecule has 0 aliphatic carbocycles. The minimum Gasteiger partial charge on any atom is -0.243 e. The van der Waals surface area contributed by atoms with Crippen molar-refractivity contribution in [3.05, 3.63) is 60.4 Å². The van der Waals surface area contributed by atoms with Crippen molar-refractivity contribution in [3.8, 4) is 5.69 Å². The molecule has 0 amide bonds. The molecular formula is C14H13N2+. The van der Waals surface area contributed by atoms with E-state index < -0.39 is 0 Å². The largest absolute Gasteiger partial charge is 0.247 e. The highest BCUT2D eigenvalue weighted by molar-refractivity contribution is 5.71. The maximum Gasteiger partial charge on any atom is 0.247 e. The first-order valence-electron chi connectivity index (χ1n) is 5.39. The van der Waals surface area contributed by atoms with Gasteiger partial charge in [0.25, 0.3) is 0 Å². The van der Waals surface area contributed by atoms with E-state index in [9.17, 15) is 0 Å². The molecule has 0 atom stereocenters. The van der Waals surface area contributed by atoms with Gasteiger partial charge in [-0.25, -0.2) is 4.98 Å². The molecule has 78 valence electrons. The second-order valence-electron chi connectivity index (χ2n) is 4.00. The van der Waals surface area contributed by atoms with Crippen molar-refractivity contribution in [3.63, 3.8) is 0 Å². The van der Waals surface area contributed by atoms with E-state index in [4.69, 9.17) is 0 Å². The highest BCUT2D eigenvalue weighted by Crippen LogP contribution is 2.10. The number of aromatic amines is 1. The summed E-state index contributed by atoms with van der Waals surface area (Å²) >= 11 is 0. The predicted molar refractivity (Wildman–Crippen MR) is 64.6 cm³/mol. The van der Waals surface area contributed by atoms with Gasteiger partial charge in [0, 0.05) is 0 Å². The number of benzene rings is 2. The normalized spacial score (nSPS) is 10.8. The Morgan fingerprint density at radius 3 is 2.50 bits per heavy atom. The lowest BCUT2D eigenvalue weighted by molar-refractivity contribution is -0.567. The van der Waals surface area contributed by atoms with Crippen LogP contribution in [0, 0.1) is 6.92 Å². The van der Waals surface area contributed by atoms with Crippen LogP contribution in [-0.2, 0) is 0 Å². The third-order valence-corrected chi connectivity index (χ3v) is 2.82. The summed E-state index contributed by atoms with van der Waals surface area (Å²) in [7, 11) is 0. The third kappa shape index (κ3) is 1.39. The lowest BCUT2D eigenvalue weighted by Gasteiger charge is -1.97. The van der Waals surface area contributed by atoms with Gasteiger partial charge in [0.2, 0.25) is 6.33 Å². The summed E-state index contributed by atoms with van der Waals surface area (Å²) in [5, 5.41) is 0. The molecule has 0 spiro atoms. The molecule has 3 rings (SSSR count). The highest BCUT2D eigenvalue weighted by Gasteiger charge is 2.09. The van der Waals surface area contributed by atoms with Gasteiger partial charge in [-0.3, -0.25) is 0 Å². The van der Waals surface area contributed by atoms with Crippen LogP contribution in [-0.4, -0.2) is 4.98 Å². The van der Waals surface area contributed by atoms with Crippen molar-refractivity contribution in [1.82, 2.24) is 4.98 Å². The monoisotopic (exact) mass is 209 g/mol. The molecule has 0 saturated carbocycles. The van der Waals surface area contributed by atoms with Crippen LogP contribution >= 0.6 is 0 Å². The summed E-state index contributed by atoms with van der Waals surface area (Å²) in [6.45, 7) is 2.10. The van der Waals surface area contributed by atoms with Crippen LogP contribution < -0.4 is 4.57 Å². The number of rotatable bonds is 1. The van der Waals surface area contributed by atoms with E-state index >= 15 is 0 Å². The standard InChI is InChI=1S/C14H12N2/c1-11-6-8-12(9-7-11)16-10-15-13-4-2-3-5-14(13)16/h2-10H,1H3/p+1. The Morgan fingerprint density at radius 2 is 1.69 bits per heavy atom. The molecule has 2 aromatic carbocycles. The predicted octanol–water partition coefficient (Wildman–Crippen LogP) is 2.75. The molecule has 0 bridgehead atoms. The summed E-state index contributed by atoms with van der Waals surface area (Å²) < 4.78 is 2.16. The van der Waals surface area contributed by atoms with E-state index in [1.54, 1.807) is 0 Å². The van der Waals surface area contributed by atoms with E-state index in [2.05, 4.69) is 58.9 Å². The van der Waals surface area contributed by atoms with E-state index in [0.717, 1.165) is 5.52 Å². The molecular weight excluding hydrogens is 196 g/mol. The molecule has 0 aliphatic rings. The van der Waals surface area contributed by atoms with Crippen LogP contribution in [0.15, 0.2) is 54.9 Å². The Bertz CT molecular complexity index is 621. The van der Waals surface area contributed by atoms with Crippen LogP contribution in [0.5, 0.6) is 0 Å². The second kappa shape index (κ2) is 3.49. The van der Waals surface area contributed by atoms with Gasteiger partial charge in [-0.1, -0.05) is 29.8 Å². The number of hydrogen-bond acceptors (Lipinski definition) is 0.